The van der Waals surface area contributed by atoms with Crippen LogP contribution in [0.3, 0.4) is 0 Å². The van der Waals surface area contributed by atoms with E-state index >= 15 is 0 Å². The molecule has 4 rings (SSSR count). The van der Waals surface area contributed by atoms with Crippen LogP contribution in [0.5, 0.6) is 0 Å². The van der Waals surface area contributed by atoms with Crippen molar-refractivity contribution in [3.05, 3.63) is 32.3 Å². The van der Waals surface area contributed by atoms with Crippen LogP contribution in [0.2, 0.25) is 0 Å². The molecule has 1 atom stereocenters. The molecule has 0 saturated heterocycles. The predicted octanol–water partition coefficient (Wildman–Crippen LogP) is 6.41. The quantitative estimate of drug-likeness (QED) is 0.266. The number of thiophene rings is 2. The minimum Gasteiger partial charge on any atom is -0.465 e. The van der Waals surface area contributed by atoms with Crippen molar-refractivity contribution in [2.45, 2.75) is 71.0 Å². The van der Waals surface area contributed by atoms with E-state index in [9.17, 15) is 9.59 Å². The molecule has 1 amide bonds. The van der Waals surface area contributed by atoms with Gasteiger partial charge in [0.1, 0.15) is 5.00 Å². The molecule has 3 aromatic rings. The van der Waals surface area contributed by atoms with Gasteiger partial charge in [0.05, 0.1) is 18.4 Å². The van der Waals surface area contributed by atoms with Gasteiger partial charge in [0.2, 0.25) is 5.91 Å². The Morgan fingerprint density at radius 2 is 2.06 bits per heavy atom. The molecule has 0 bridgehead atoms. The van der Waals surface area contributed by atoms with Gasteiger partial charge in [-0.15, -0.1) is 32.9 Å². The predicted molar refractivity (Wildman–Crippen MR) is 144 cm³/mol. The third-order valence-electron chi connectivity index (χ3n) is 6.11. The van der Waals surface area contributed by atoms with Gasteiger partial charge in [0, 0.05) is 26.7 Å². The summed E-state index contributed by atoms with van der Waals surface area (Å²) < 4.78 is 7.11. The number of carbonyl (C=O) groups is 2. The summed E-state index contributed by atoms with van der Waals surface area (Å²) in [6, 6.07) is 2.32. The first-order valence-corrected chi connectivity index (χ1v) is 14.6. The van der Waals surface area contributed by atoms with Gasteiger partial charge in [-0.05, 0) is 56.6 Å². The molecule has 3 aromatic heterocycles. The first kappa shape index (κ1) is 25.9. The summed E-state index contributed by atoms with van der Waals surface area (Å²) in [5.41, 5.74) is 2.60. The molecule has 1 N–H and O–H groups in total. The number of ether oxygens (including phenoxy) is 1. The molecule has 1 aliphatic carbocycles. The first-order chi connectivity index (χ1) is 16.7. The number of rotatable bonds is 8. The molecule has 0 radical (unpaired) electrons. The van der Waals surface area contributed by atoms with Crippen molar-refractivity contribution in [2.24, 2.45) is 5.92 Å². The van der Waals surface area contributed by atoms with Gasteiger partial charge in [-0.2, -0.15) is 0 Å². The summed E-state index contributed by atoms with van der Waals surface area (Å²) in [7, 11) is 1.38. The van der Waals surface area contributed by atoms with Gasteiger partial charge in [-0.25, -0.2) is 4.79 Å². The number of hydrogen-bond acceptors (Lipinski definition) is 8. The molecule has 35 heavy (non-hydrogen) atoms. The number of thioether (sulfide) groups is 1. The lowest BCUT2D eigenvalue weighted by molar-refractivity contribution is -0.113. The van der Waals surface area contributed by atoms with E-state index < -0.39 is 0 Å². The summed E-state index contributed by atoms with van der Waals surface area (Å²) in [6.07, 6.45) is 2.80. The number of methoxy groups -OCH3 is 1. The minimum atomic E-state index is -0.388. The number of carbonyl (C=O) groups excluding carboxylic acids is 2. The summed E-state index contributed by atoms with van der Waals surface area (Å²) in [5.74, 6) is 1.46. The fourth-order valence-electron chi connectivity index (χ4n) is 4.26. The fraction of sp³-hybridized carbons (Fsp3) is 0.520. The number of aromatic nitrogens is 3. The average molecular weight is 533 g/mol. The Morgan fingerprint density at radius 1 is 1.29 bits per heavy atom. The molecule has 7 nitrogen and oxygen atoms in total. The Kier molecular flexibility index (Phi) is 8.02. The van der Waals surface area contributed by atoms with Gasteiger partial charge >= 0.3 is 5.97 Å². The SMILES string of the molecule is COC(=O)c1c(NC(=O)CSc2nnc(-c3csc(C(C)C)c3)n2C(C)C)sc2c1CCC(C)C2. The van der Waals surface area contributed by atoms with E-state index in [0.29, 0.717) is 27.6 Å². The number of esters is 1. The number of anilines is 1. The van der Waals surface area contributed by atoms with Crippen molar-refractivity contribution < 1.29 is 14.3 Å². The number of nitrogens with zero attached hydrogens (tertiary/aromatic N) is 3. The summed E-state index contributed by atoms with van der Waals surface area (Å²) >= 11 is 4.58. The molecule has 0 saturated carbocycles. The van der Waals surface area contributed by atoms with Crippen LogP contribution in [0.25, 0.3) is 11.4 Å². The van der Waals surface area contributed by atoms with Crippen molar-refractivity contribution in [2.75, 3.05) is 18.2 Å². The molecule has 0 fully saturated rings. The van der Waals surface area contributed by atoms with Gasteiger partial charge in [-0.3, -0.25) is 9.36 Å². The largest absolute Gasteiger partial charge is 0.465 e. The van der Waals surface area contributed by atoms with Crippen molar-refractivity contribution in [1.82, 2.24) is 14.8 Å². The van der Waals surface area contributed by atoms with E-state index in [1.807, 2.05) is 0 Å². The summed E-state index contributed by atoms with van der Waals surface area (Å²) in [5, 5.41) is 15.2. The summed E-state index contributed by atoms with van der Waals surface area (Å²) in [6.45, 7) is 10.8. The second-order valence-electron chi connectivity index (χ2n) is 9.55. The van der Waals surface area contributed by atoms with Crippen molar-refractivity contribution in [1.29, 1.82) is 0 Å². The van der Waals surface area contributed by atoms with Gasteiger partial charge in [0.25, 0.3) is 0 Å². The lowest BCUT2D eigenvalue weighted by Crippen LogP contribution is -2.17. The van der Waals surface area contributed by atoms with Gasteiger partial charge < -0.3 is 10.1 Å². The van der Waals surface area contributed by atoms with E-state index in [0.717, 1.165) is 36.2 Å². The third-order valence-corrected chi connectivity index (χ3v) is 9.46. The highest BCUT2D eigenvalue weighted by Gasteiger charge is 2.29. The van der Waals surface area contributed by atoms with Crippen LogP contribution in [0.4, 0.5) is 5.00 Å². The smallest absolute Gasteiger partial charge is 0.341 e. The van der Waals surface area contributed by atoms with E-state index in [-0.39, 0.29) is 23.7 Å². The van der Waals surface area contributed by atoms with Crippen LogP contribution in [-0.2, 0) is 22.4 Å². The molecule has 3 heterocycles. The Morgan fingerprint density at radius 3 is 2.71 bits per heavy atom. The molecule has 10 heteroatoms. The second-order valence-corrected chi connectivity index (χ2v) is 12.5. The molecule has 0 aromatic carbocycles. The van der Waals surface area contributed by atoms with E-state index in [4.69, 9.17) is 4.74 Å². The minimum absolute atomic E-state index is 0.143. The maximum absolute atomic E-state index is 12.9. The van der Waals surface area contributed by atoms with Crippen LogP contribution >= 0.6 is 34.4 Å². The van der Waals surface area contributed by atoms with Crippen LogP contribution in [0.1, 0.15) is 78.7 Å². The van der Waals surface area contributed by atoms with E-state index in [1.54, 1.807) is 11.3 Å². The molecule has 1 aliphatic rings. The highest BCUT2D eigenvalue weighted by molar-refractivity contribution is 7.99. The Hall–Kier alpha value is -2.17. The lowest BCUT2D eigenvalue weighted by atomic mass is 9.88. The third kappa shape index (κ3) is 5.49. The van der Waals surface area contributed by atoms with Crippen molar-refractivity contribution in [3.8, 4) is 11.4 Å². The highest BCUT2D eigenvalue weighted by atomic mass is 32.2. The zero-order valence-electron chi connectivity index (χ0n) is 21.0. The van der Waals surface area contributed by atoms with Crippen LogP contribution < -0.4 is 5.32 Å². The van der Waals surface area contributed by atoms with Crippen molar-refractivity contribution in [3.63, 3.8) is 0 Å². The maximum Gasteiger partial charge on any atom is 0.341 e. The molecule has 188 valence electrons. The standard InChI is InChI=1S/C25H32N4O3S3/c1-13(2)18-10-16(11-33-18)22-27-28-25(29(22)14(3)4)34-12-20(30)26-23-21(24(31)32-6)17-8-7-15(5)9-19(17)35-23/h10-11,13-15H,7-9,12H2,1-6H3,(H,26,30). The zero-order valence-corrected chi connectivity index (χ0v) is 23.5. The zero-order chi connectivity index (χ0) is 25.3. The van der Waals surface area contributed by atoms with Gasteiger partial charge in [0.15, 0.2) is 11.0 Å². The maximum atomic E-state index is 12.9. The normalized spacial score (nSPS) is 15.5. The molecule has 0 spiro atoms. The number of hydrogen-bond donors (Lipinski definition) is 1. The Balaban J connectivity index is 1.51. The summed E-state index contributed by atoms with van der Waals surface area (Å²) in [4.78, 5) is 27.9. The Labute approximate surface area is 218 Å². The second kappa shape index (κ2) is 10.8. The number of nitrogens with one attached hydrogen (secondary N) is 1. The first-order valence-electron chi connectivity index (χ1n) is 11.9. The van der Waals surface area contributed by atoms with Crippen molar-refractivity contribution >= 4 is 51.3 Å². The topological polar surface area (TPSA) is 86.1 Å². The van der Waals surface area contributed by atoms with Crippen LogP contribution in [-0.4, -0.2) is 39.5 Å². The number of fused-ring (bicyclic) bond motifs is 1. The monoisotopic (exact) mass is 532 g/mol. The van der Waals surface area contributed by atoms with Crippen LogP contribution in [0.15, 0.2) is 16.6 Å². The highest BCUT2D eigenvalue weighted by Crippen LogP contribution is 2.40. The average Bonchev–Trinajstić information content (AvgIpc) is 3.53. The van der Waals surface area contributed by atoms with E-state index in [2.05, 4.69) is 66.1 Å². The lowest BCUT2D eigenvalue weighted by Gasteiger charge is -2.18. The number of amides is 1. The Bertz CT molecular complexity index is 1220. The molecular weight excluding hydrogens is 501 g/mol. The fourth-order valence-corrected chi connectivity index (χ4v) is 7.45. The van der Waals surface area contributed by atoms with Crippen LogP contribution in [0, 0.1) is 5.92 Å². The molecule has 1 unspecified atom stereocenters. The van der Waals surface area contributed by atoms with E-state index in [1.165, 1.54) is 40.0 Å². The molecule has 0 aliphatic heterocycles. The molecular formula is C25H32N4O3S3. The van der Waals surface area contributed by atoms with Gasteiger partial charge in [-0.1, -0.05) is 32.5 Å².